The highest BCUT2D eigenvalue weighted by molar-refractivity contribution is 5.96. The zero-order valence-electron chi connectivity index (χ0n) is 10.6. The van der Waals surface area contributed by atoms with E-state index in [-0.39, 0.29) is 19.8 Å². The molecule has 1 aromatic carbocycles. The monoisotopic (exact) mass is 251 g/mol. The van der Waals surface area contributed by atoms with Crippen molar-refractivity contribution in [2.75, 3.05) is 13.2 Å². The summed E-state index contributed by atoms with van der Waals surface area (Å²) in [5.74, 6) is -0.948. The van der Waals surface area contributed by atoms with E-state index in [9.17, 15) is 9.59 Å². The number of hydrogen-bond donors (Lipinski definition) is 1. The molecule has 0 atom stereocenters. The molecule has 0 amide bonds. The molecule has 0 unspecified atom stereocenters. The Hall–Kier alpha value is -1.88. The molecular weight excluding hydrogens is 234 g/mol. The lowest BCUT2D eigenvalue weighted by Crippen LogP contribution is -2.13. The van der Waals surface area contributed by atoms with Gasteiger partial charge in [0.15, 0.2) is 0 Å². The molecule has 0 heterocycles. The number of carbonyl (C=O) groups is 2. The van der Waals surface area contributed by atoms with Crippen molar-refractivity contribution >= 4 is 11.9 Å². The largest absolute Gasteiger partial charge is 0.462 e. The smallest absolute Gasteiger partial charge is 0.338 e. The van der Waals surface area contributed by atoms with Crippen LogP contribution in [0.2, 0.25) is 0 Å². The second-order valence-electron chi connectivity index (χ2n) is 3.52. The van der Waals surface area contributed by atoms with Crippen LogP contribution in [0.5, 0.6) is 0 Å². The van der Waals surface area contributed by atoms with Crippen molar-refractivity contribution in [2.24, 2.45) is 5.73 Å². The Bertz CT molecular complexity index is 443. The quantitative estimate of drug-likeness (QED) is 0.802. The number of esters is 2. The van der Waals surface area contributed by atoms with Gasteiger partial charge in [0, 0.05) is 6.54 Å². The summed E-state index contributed by atoms with van der Waals surface area (Å²) < 4.78 is 9.79. The van der Waals surface area contributed by atoms with Gasteiger partial charge in [0.1, 0.15) is 0 Å². The van der Waals surface area contributed by atoms with Crippen LogP contribution in [0.1, 0.15) is 40.1 Å². The predicted molar refractivity (Wildman–Crippen MR) is 66.2 cm³/mol. The Balaban J connectivity index is 3.09. The fraction of sp³-hybridized carbons (Fsp3) is 0.385. The van der Waals surface area contributed by atoms with Crippen molar-refractivity contribution in [3.05, 3.63) is 34.9 Å². The number of rotatable bonds is 5. The number of ether oxygens (including phenoxy) is 2. The van der Waals surface area contributed by atoms with Gasteiger partial charge in [-0.3, -0.25) is 0 Å². The number of hydrogen-bond acceptors (Lipinski definition) is 5. The van der Waals surface area contributed by atoms with Crippen molar-refractivity contribution in [3.8, 4) is 0 Å². The first-order valence-corrected chi connectivity index (χ1v) is 5.81. The Morgan fingerprint density at radius 3 is 2.28 bits per heavy atom. The van der Waals surface area contributed by atoms with Gasteiger partial charge in [-0.1, -0.05) is 6.07 Å². The normalized spacial score (nSPS) is 9.94. The molecule has 0 aliphatic heterocycles. The lowest BCUT2D eigenvalue weighted by Gasteiger charge is -2.09. The van der Waals surface area contributed by atoms with Gasteiger partial charge in [-0.2, -0.15) is 0 Å². The maximum Gasteiger partial charge on any atom is 0.338 e. The van der Waals surface area contributed by atoms with E-state index in [1.165, 1.54) is 6.07 Å². The van der Waals surface area contributed by atoms with Crippen molar-refractivity contribution in [2.45, 2.75) is 20.4 Å². The molecule has 0 saturated heterocycles. The molecule has 0 spiro atoms. The topological polar surface area (TPSA) is 78.6 Å². The molecular formula is C13H17NO4. The van der Waals surface area contributed by atoms with Gasteiger partial charge < -0.3 is 15.2 Å². The van der Waals surface area contributed by atoms with Crippen molar-refractivity contribution in [1.29, 1.82) is 0 Å². The second kappa shape index (κ2) is 6.76. The summed E-state index contributed by atoms with van der Waals surface area (Å²) in [5.41, 5.74) is 6.81. The van der Waals surface area contributed by atoms with Gasteiger partial charge in [-0.05, 0) is 31.5 Å². The average molecular weight is 251 g/mol. The number of carbonyl (C=O) groups excluding carboxylic acids is 2. The Kier molecular flexibility index (Phi) is 5.32. The molecule has 0 radical (unpaired) electrons. The van der Waals surface area contributed by atoms with Crippen LogP contribution in [0.15, 0.2) is 18.2 Å². The highest BCUT2D eigenvalue weighted by Gasteiger charge is 2.15. The third-order valence-electron chi connectivity index (χ3n) is 2.34. The SMILES string of the molecule is CCOC(=O)c1ccc(CN)c(C(=O)OCC)c1. The lowest BCUT2D eigenvalue weighted by atomic mass is 10.0. The second-order valence-corrected chi connectivity index (χ2v) is 3.52. The molecule has 0 aliphatic rings. The molecule has 0 fully saturated rings. The summed E-state index contributed by atoms with van der Waals surface area (Å²) in [5, 5.41) is 0. The first-order valence-electron chi connectivity index (χ1n) is 5.81. The van der Waals surface area contributed by atoms with Crippen LogP contribution in [0.4, 0.5) is 0 Å². The Morgan fingerprint density at radius 1 is 1.11 bits per heavy atom. The number of benzene rings is 1. The van der Waals surface area contributed by atoms with Crippen molar-refractivity contribution in [3.63, 3.8) is 0 Å². The third kappa shape index (κ3) is 3.30. The summed E-state index contributed by atoms with van der Waals surface area (Å²) >= 11 is 0. The fourth-order valence-corrected chi connectivity index (χ4v) is 1.49. The van der Waals surface area contributed by atoms with Gasteiger partial charge in [-0.25, -0.2) is 9.59 Å². The van der Waals surface area contributed by atoms with Gasteiger partial charge in [-0.15, -0.1) is 0 Å². The van der Waals surface area contributed by atoms with Crippen molar-refractivity contribution in [1.82, 2.24) is 0 Å². The van der Waals surface area contributed by atoms with Crippen LogP contribution in [0.25, 0.3) is 0 Å². The van der Waals surface area contributed by atoms with E-state index in [4.69, 9.17) is 15.2 Å². The summed E-state index contributed by atoms with van der Waals surface area (Å²) in [7, 11) is 0. The molecule has 2 N–H and O–H groups in total. The lowest BCUT2D eigenvalue weighted by molar-refractivity contribution is 0.0524. The van der Waals surface area contributed by atoms with E-state index < -0.39 is 11.9 Å². The van der Waals surface area contributed by atoms with Crippen LogP contribution >= 0.6 is 0 Å². The maximum atomic E-state index is 11.7. The predicted octanol–water partition coefficient (Wildman–Crippen LogP) is 1.50. The van der Waals surface area contributed by atoms with Crippen LogP contribution in [0, 0.1) is 0 Å². The van der Waals surface area contributed by atoms with E-state index in [1.54, 1.807) is 26.0 Å². The molecule has 5 nitrogen and oxygen atoms in total. The van der Waals surface area contributed by atoms with Crippen LogP contribution in [-0.4, -0.2) is 25.2 Å². The minimum absolute atomic E-state index is 0.206. The summed E-state index contributed by atoms with van der Waals surface area (Å²) in [4.78, 5) is 23.3. The zero-order chi connectivity index (χ0) is 13.5. The summed E-state index contributed by atoms with van der Waals surface area (Å²) in [6.07, 6.45) is 0. The fourth-order valence-electron chi connectivity index (χ4n) is 1.49. The van der Waals surface area contributed by atoms with Crippen molar-refractivity contribution < 1.29 is 19.1 Å². The molecule has 0 aliphatic carbocycles. The zero-order valence-corrected chi connectivity index (χ0v) is 10.6. The maximum absolute atomic E-state index is 11.7. The Morgan fingerprint density at radius 2 is 1.72 bits per heavy atom. The number of nitrogens with two attached hydrogens (primary N) is 1. The van der Waals surface area contributed by atoms with Crippen LogP contribution in [-0.2, 0) is 16.0 Å². The molecule has 0 bridgehead atoms. The van der Waals surface area contributed by atoms with Gasteiger partial charge in [0.2, 0.25) is 0 Å². The molecule has 18 heavy (non-hydrogen) atoms. The Labute approximate surface area is 106 Å². The van der Waals surface area contributed by atoms with Crippen LogP contribution in [0.3, 0.4) is 0 Å². The van der Waals surface area contributed by atoms with E-state index >= 15 is 0 Å². The standard InChI is InChI=1S/C13H17NO4/c1-3-17-12(15)9-5-6-10(8-14)11(7-9)13(16)18-4-2/h5-7H,3-4,8,14H2,1-2H3. The highest BCUT2D eigenvalue weighted by Crippen LogP contribution is 2.14. The first kappa shape index (κ1) is 14.2. The molecule has 0 aromatic heterocycles. The summed E-state index contributed by atoms with van der Waals surface area (Å²) in [6.45, 7) is 4.20. The highest BCUT2D eigenvalue weighted by atomic mass is 16.5. The first-order chi connectivity index (χ1) is 8.63. The molecule has 5 heteroatoms. The molecule has 0 saturated carbocycles. The minimum Gasteiger partial charge on any atom is -0.462 e. The summed E-state index contributed by atoms with van der Waals surface area (Å²) in [6, 6.07) is 4.68. The van der Waals surface area contributed by atoms with Crippen LogP contribution < -0.4 is 5.73 Å². The van der Waals surface area contributed by atoms with E-state index in [0.717, 1.165) is 0 Å². The third-order valence-corrected chi connectivity index (χ3v) is 2.34. The molecule has 1 aromatic rings. The molecule has 98 valence electrons. The van der Waals surface area contributed by atoms with Gasteiger partial charge in [0.05, 0.1) is 24.3 Å². The average Bonchev–Trinajstić information content (AvgIpc) is 2.38. The van der Waals surface area contributed by atoms with E-state index in [0.29, 0.717) is 16.7 Å². The van der Waals surface area contributed by atoms with E-state index in [1.807, 2.05) is 0 Å². The minimum atomic E-state index is -0.482. The van der Waals surface area contributed by atoms with Gasteiger partial charge in [0.25, 0.3) is 0 Å². The van der Waals surface area contributed by atoms with Gasteiger partial charge >= 0.3 is 11.9 Å². The van der Waals surface area contributed by atoms with E-state index in [2.05, 4.69) is 0 Å². The molecule has 1 rings (SSSR count).